The summed E-state index contributed by atoms with van der Waals surface area (Å²) in [6.07, 6.45) is 2.73. The molecule has 0 aliphatic carbocycles. The Kier molecular flexibility index (Phi) is 2.37. The molecule has 0 radical (unpaired) electrons. The minimum atomic E-state index is -0.343. The molecule has 2 rings (SSSR count). The summed E-state index contributed by atoms with van der Waals surface area (Å²) >= 11 is 4.61. The second-order valence-corrected chi connectivity index (χ2v) is 4.00. The van der Waals surface area contributed by atoms with E-state index in [9.17, 15) is 4.39 Å². The summed E-state index contributed by atoms with van der Waals surface area (Å²) in [6.45, 7) is 0. The van der Waals surface area contributed by atoms with Gasteiger partial charge in [0, 0.05) is 17.1 Å². The van der Waals surface area contributed by atoms with E-state index in [0.717, 1.165) is 4.60 Å². The van der Waals surface area contributed by atoms with Crippen LogP contribution in [0.25, 0.3) is 10.6 Å². The third-order valence-corrected chi connectivity index (χ3v) is 3.06. The zero-order valence-corrected chi connectivity index (χ0v) is 8.77. The molecule has 0 aliphatic heterocycles. The maximum Gasteiger partial charge on any atom is 0.151 e. The Bertz CT molecular complexity index is 430. The summed E-state index contributed by atoms with van der Waals surface area (Å²) in [6, 6.07) is 1.61. The second kappa shape index (κ2) is 3.51. The molecular formula is C8H4BrFN2S. The lowest BCUT2D eigenvalue weighted by Crippen LogP contribution is -1.83. The third kappa shape index (κ3) is 1.76. The molecule has 0 aromatic carbocycles. The van der Waals surface area contributed by atoms with Crippen LogP contribution in [0.4, 0.5) is 4.39 Å². The van der Waals surface area contributed by atoms with Crippen LogP contribution in [0.3, 0.4) is 0 Å². The van der Waals surface area contributed by atoms with E-state index in [4.69, 9.17) is 0 Å². The topological polar surface area (TPSA) is 25.8 Å². The van der Waals surface area contributed by atoms with Gasteiger partial charge in [0.15, 0.2) is 5.82 Å². The number of thiazole rings is 1. The molecule has 0 aliphatic rings. The Morgan fingerprint density at radius 2 is 2.31 bits per heavy atom. The second-order valence-electron chi connectivity index (χ2n) is 2.33. The summed E-state index contributed by atoms with van der Waals surface area (Å²) < 4.78 is 13.9. The first kappa shape index (κ1) is 8.77. The third-order valence-electron chi connectivity index (χ3n) is 1.48. The van der Waals surface area contributed by atoms with Crippen molar-refractivity contribution in [2.45, 2.75) is 0 Å². The number of aromatic nitrogens is 2. The van der Waals surface area contributed by atoms with Gasteiger partial charge in [-0.25, -0.2) is 9.37 Å². The predicted octanol–water partition coefficient (Wildman–Crippen LogP) is 3.11. The van der Waals surface area contributed by atoms with Gasteiger partial charge in [-0.2, -0.15) is 0 Å². The normalized spacial score (nSPS) is 10.3. The molecule has 5 heteroatoms. The highest BCUT2D eigenvalue weighted by molar-refractivity contribution is 9.10. The first-order valence-electron chi connectivity index (χ1n) is 3.48. The van der Waals surface area contributed by atoms with Crippen LogP contribution in [0.5, 0.6) is 0 Å². The Morgan fingerprint density at radius 1 is 1.46 bits per heavy atom. The van der Waals surface area contributed by atoms with E-state index < -0.39 is 0 Å². The molecule has 2 nitrogen and oxygen atoms in total. The summed E-state index contributed by atoms with van der Waals surface area (Å²) in [7, 11) is 0. The van der Waals surface area contributed by atoms with Gasteiger partial charge in [-0.1, -0.05) is 0 Å². The molecule has 0 bridgehead atoms. The minimum absolute atomic E-state index is 0.343. The first-order valence-corrected chi connectivity index (χ1v) is 5.15. The van der Waals surface area contributed by atoms with Gasteiger partial charge in [0.05, 0.1) is 6.20 Å². The van der Waals surface area contributed by atoms with Crippen molar-refractivity contribution in [3.63, 3.8) is 0 Å². The van der Waals surface area contributed by atoms with Gasteiger partial charge >= 0.3 is 0 Å². The summed E-state index contributed by atoms with van der Waals surface area (Å²) in [5, 5.41) is 2.47. The molecule has 2 aromatic rings. The molecule has 0 unspecified atom stereocenters. The van der Waals surface area contributed by atoms with Crippen molar-refractivity contribution in [1.82, 2.24) is 9.97 Å². The van der Waals surface area contributed by atoms with E-state index in [1.54, 1.807) is 12.3 Å². The van der Waals surface area contributed by atoms with Gasteiger partial charge in [-0.05, 0) is 22.0 Å². The largest absolute Gasteiger partial charge is 0.262 e. The molecule has 66 valence electrons. The van der Waals surface area contributed by atoms with Gasteiger partial charge in [0.2, 0.25) is 0 Å². The Morgan fingerprint density at radius 3 is 2.92 bits per heavy atom. The summed E-state index contributed by atoms with van der Waals surface area (Å²) in [5.74, 6) is -0.343. The van der Waals surface area contributed by atoms with Crippen molar-refractivity contribution in [3.05, 3.63) is 34.3 Å². The van der Waals surface area contributed by atoms with Crippen molar-refractivity contribution in [1.29, 1.82) is 0 Å². The molecule has 2 aromatic heterocycles. The Labute approximate surface area is 86.6 Å². The van der Waals surface area contributed by atoms with Gasteiger partial charge in [0.25, 0.3) is 0 Å². The minimum Gasteiger partial charge on any atom is -0.262 e. The number of pyridine rings is 1. The smallest absolute Gasteiger partial charge is 0.151 e. The van der Waals surface area contributed by atoms with Gasteiger partial charge in [-0.3, -0.25) is 4.98 Å². The summed E-state index contributed by atoms with van der Waals surface area (Å²) in [5.41, 5.74) is 0.491. The van der Waals surface area contributed by atoms with E-state index in [-0.39, 0.29) is 5.82 Å². The van der Waals surface area contributed by atoms with Crippen molar-refractivity contribution >= 4 is 27.3 Å². The van der Waals surface area contributed by atoms with Crippen LogP contribution >= 0.6 is 27.3 Å². The quantitative estimate of drug-likeness (QED) is 0.786. The molecule has 13 heavy (non-hydrogen) atoms. The zero-order chi connectivity index (χ0) is 9.26. The van der Waals surface area contributed by atoms with Crippen molar-refractivity contribution in [2.24, 2.45) is 0 Å². The van der Waals surface area contributed by atoms with Crippen LogP contribution in [0.1, 0.15) is 0 Å². The standard InChI is InChI=1S/C8H4BrFN2S/c9-7-4-13-8(12-7)5-1-2-11-3-6(5)10/h1-4H. The van der Waals surface area contributed by atoms with Crippen LogP contribution in [0, 0.1) is 5.82 Å². The van der Waals surface area contributed by atoms with E-state index in [1.807, 2.05) is 5.38 Å². The lowest BCUT2D eigenvalue weighted by molar-refractivity contribution is 0.625. The number of nitrogens with zero attached hydrogens (tertiary/aromatic N) is 2. The van der Waals surface area contributed by atoms with Crippen LogP contribution < -0.4 is 0 Å². The maximum atomic E-state index is 13.2. The van der Waals surface area contributed by atoms with Gasteiger partial charge < -0.3 is 0 Å². The highest BCUT2D eigenvalue weighted by Gasteiger charge is 2.07. The van der Waals surface area contributed by atoms with Crippen molar-refractivity contribution in [3.8, 4) is 10.6 Å². The van der Waals surface area contributed by atoms with Gasteiger partial charge in [-0.15, -0.1) is 11.3 Å². The molecule has 0 saturated heterocycles. The van der Waals surface area contributed by atoms with Crippen LogP contribution in [0.2, 0.25) is 0 Å². The summed E-state index contributed by atoms with van der Waals surface area (Å²) in [4.78, 5) is 7.78. The fourth-order valence-electron chi connectivity index (χ4n) is 0.926. The molecule has 0 amide bonds. The highest BCUT2D eigenvalue weighted by atomic mass is 79.9. The van der Waals surface area contributed by atoms with E-state index in [1.165, 1.54) is 17.5 Å². The number of hydrogen-bond acceptors (Lipinski definition) is 3. The molecule has 2 heterocycles. The lowest BCUT2D eigenvalue weighted by atomic mass is 10.3. The first-order chi connectivity index (χ1) is 6.27. The van der Waals surface area contributed by atoms with E-state index in [2.05, 4.69) is 25.9 Å². The molecule has 0 atom stereocenters. The molecule has 0 N–H and O–H groups in total. The van der Waals surface area contributed by atoms with Gasteiger partial charge in [0.1, 0.15) is 9.61 Å². The van der Waals surface area contributed by atoms with Crippen LogP contribution in [-0.2, 0) is 0 Å². The number of hydrogen-bond donors (Lipinski definition) is 0. The van der Waals surface area contributed by atoms with Crippen LogP contribution in [-0.4, -0.2) is 9.97 Å². The monoisotopic (exact) mass is 258 g/mol. The Hall–Kier alpha value is -0.810. The zero-order valence-electron chi connectivity index (χ0n) is 6.37. The average molecular weight is 259 g/mol. The van der Waals surface area contributed by atoms with Crippen molar-refractivity contribution in [2.75, 3.05) is 0 Å². The maximum absolute atomic E-state index is 13.2. The number of halogens is 2. The molecule has 0 fully saturated rings. The highest BCUT2D eigenvalue weighted by Crippen LogP contribution is 2.27. The average Bonchev–Trinajstić information content (AvgIpc) is 2.53. The number of rotatable bonds is 1. The molecule has 0 saturated carbocycles. The fraction of sp³-hybridized carbons (Fsp3) is 0. The Balaban J connectivity index is 2.52. The predicted molar refractivity (Wildman–Crippen MR) is 53.0 cm³/mol. The fourth-order valence-corrected chi connectivity index (χ4v) is 2.21. The SMILES string of the molecule is Fc1cnccc1-c1nc(Br)cs1. The molecular weight excluding hydrogens is 255 g/mol. The van der Waals surface area contributed by atoms with Crippen LogP contribution in [0.15, 0.2) is 28.4 Å². The van der Waals surface area contributed by atoms with E-state index >= 15 is 0 Å². The van der Waals surface area contributed by atoms with E-state index in [0.29, 0.717) is 10.6 Å². The van der Waals surface area contributed by atoms with Crippen molar-refractivity contribution < 1.29 is 4.39 Å². The lowest BCUT2D eigenvalue weighted by Gasteiger charge is -1.95. The molecule has 0 spiro atoms.